The Labute approximate surface area is 108 Å². The van der Waals surface area contributed by atoms with Gasteiger partial charge in [-0.2, -0.15) is 0 Å². The lowest BCUT2D eigenvalue weighted by atomic mass is 10.1. The first-order valence-electron chi connectivity index (χ1n) is 6.38. The minimum Gasteiger partial charge on any atom is -0.494 e. The highest BCUT2D eigenvalue weighted by atomic mass is 16.5. The zero-order chi connectivity index (χ0) is 13.4. The molecule has 0 radical (unpaired) electrons. The molecule has 1 aromatic carbocycles. The highest BCUT2D eigenvalue weighted by Crippen LogP contribution is 2.26. The quantitative estimate of drug-likeness (QED) is 0.742. The molecule has 0 aliphatic heterocycles. The molecule has 0 bridgehead atoms. The molecule has 4 heteroatoms. The molecule has 1 atom stereocenters. The van der Waals surface area contributed by atoms with Crippen LogP contribution in [-0.4, -0.2) is 36.1 Å². The van der Waals surface area contributed by atoms with Crippen molar-refractivity contribution >= 4 is 0 Å². The standard InChI is InChI=1S/C14H22O4/c1-3-17-13-7-8-14(18-4-2)11(9-13)5-6-12(16)10-15/h7-9,12,15-16H,3-6,10H2,1-2H3. The van der Waals surface area contributed by atoms with Gasteiger partial charge in [-0.05, 0) is 50.5 Å². The molecule has 2 N–H and O–H groups in total. The highest BCUT2D eigenvalue weighted by molar-refractivity contribution is 5.40. The number of aliphatic hydroxyl groups excluding tert-OH is 2. The summed E-state index contributed by atoms with van der Waals surface area (Å²) in [5.41, 5.74) is 0.996. The Balaban J connectivity index is 2.78. The number of hydrogen-bond donors (Lipinski definition) is 2. The predicted octanol–water partition coefficient (Wildman–Crippen LogP) is 1.77. The van der Waals surface area contributed by atoms with Crippen molar-refractivity contribution in [2.75, 3.05) is 19.8 Å². The Kier molecular flexibility index (Phi) is 6.54. The molecule has 0 spiro atoms. The molecule has 1 unspecified atom stereocenters. The zero-order valence-electron chi connectivity index (χ0n) is 11.1. The first kappa shape index (κ1) is 14.8. The second-order valence-corrected chi connectivity index (χ2v) is 4.01. The fourth-order valence-corrected chi connectivity index (χ4v) is 1.72. The van der Waals surface area contributed by atoms with Gasteiger partial charge in [0, 0.05) is 0 Å². The maximum absolute atomic E-state index is 9.39. The summed E-state index contributed by atoms with van der Waals surface area (Å²) in [5, 5.41) is 18.2. The Bertz CT molecular complexity index is 352. The summed E-state index contributed by atoms with van der Waals surface area (Å²) < 4.78 is 11.0. The molecule has 1 rings (SSSR count). The number of benzene rings is 1. The summed E-state index contributed by atoms with van der Waals surface area (Å²) in [6.07, 6.45) is 0.472. The molecule has 0 amide bonds. The van der Waals surface area contributed by atoms with E-state index < -0.39 is 6.10 Å². The minimum atomic E-state index is -0.685. The van der Waals surface area contributed by atoms with Gasteiger partial charge in [0.1, 0.15) is 11.5 Å². The van der Waals surface area contributed by atoms with E-state index in [1.165, 1.54) is 0 Å². The number of ether oxygens (including phenoxy) is 2. The van der Waals surface area contributed by atoms with Crippen molar-refractivity contribution in [2.24, 2.45) is 0 Å². The molecule has 0 aromatic heterocycles. The molecule has 0 aliphatic carbocycles. The fourth-order valence-electron chi connectivity index (χ4n) is 1.72. The van der Waals surface area contributed by atoms with Crippen LogP contribution in [0.25, 0.3) is 0 Å². The molecule has 0 aliphatic rings. The van der Waals surface area contributed by atoms with Gasteiger partial charge < -0.3 is 19.7 Å². The summed E-state index contributed by atoms with van der Waals surface area (Å²) in [7, 11) is 0. The molecular formula is C14H22O4. The first-order valence-corrected chi connectivity index (χ1v) is 6.38. The van der Waals surface area contributed by atoms with E-state index in [0.29, 0.717) is 26.1 Å². The molecule has 0 saturated carbocycles. The van der Waals surface area contributed by atoms with Gasteiger partial charge in [-0.15, -0.1) is 0 Å². The summed E-state index contributed by atoms with van der Waals surface area (Å²) in [6.45, 7) is 4.87. The third kappa shape index (κ3) is 4.55. The van der Waals surface area contributed by atoms with Crippen molar-refractivity contribution in [3.05, 3.63) is 23.8 Å². The lowest BCUT2D eigenvalue weighted by molar-refractivity contribution is 0.0884. The molecule has 0 fully saturated rings. The lowest BCUT2D eigenvalue weighted by Crippen LogP contribution is -2.13. The third-order valence-corrected chi connectivity index (χ3v) is 2.60. The van der Waals surface area contributed by atoms with Crippen LogP contribution in [-0.2, 0) is 6.42 Å². The van der Waals surface area contributed by atoms with Crippen molar-refractivity contribution in [2.45, 2.75) is 32.8 Å². The molecule has 0 heterocycles. The van der Waals surface area contributed by atoms with Gasteiger partial charge in [0.25, 0.3) is 0 Å². The summed E-state index contributed by atoms with van der Waals surface area (Å²) in [5.74, 6) is 1.61. The average molecular weight is 254 g/mol. The summed E-state index contributed by atoms with van der Waals surface area (Å²) in [4.78, 5) is 0. The van der Waals surface area contributed by atoms with Crippen LogP contribution in [0.3, 0.4) is 0 Å². The average Bonchev–Trinajstić information content (AvgIpc) is 2.39. The SMILES string of the molecule is CCOc1ccc(OCC)c(CCC(O)CO)c1. The van der Waals surface area contributed by atoms with Crippen LogP contribution in [0, 0.1) is 0 Å². The topological polar surface area (TPSA) is 58.9 Å². The van der Waals surface area contributed by atoms with E-state index in [4.69, 9.17) is 14.6 Å². The van der Waals surface area contributed by atoms with Gasteiger partial charge in [-0.25, -0.2) is 0 Å². The number of aliphatic hydroxyl groups is 2. The van der Waals surface area contributed by atoms with Crippen molar-refractivity contribution < 1.29 is 19.7 Å². The maximum Gasteiger partial charge on any atom is 0.122 e. The van der Waals surface area contributed by atoms with Gasteiger partial charge in [-0.3, -0.25) is 0 Å². The Hall–Kier alpha value is -1.26. The van der Waals surface area contributed by atoms with Crippen LogP contribution in [0.15, 0.2) is 18.2 Å². The van der Waals surface area contributed by atoms with Crippen LogP contribution < -0.4 is 9.47 Å². The van der Waals surface area contributed by atoms with Gasteiger partial charge in [0.15, 0.2) is 0 Å². The predicted molar refractivity (Wildman–Crippen MR) is 70.2 cm³/mol. The van der Waals surface area contributed by atoms with Crippen molar-refractivity contribution in [3.63, 3.8) is 0 Å². The van der Waals surface area contributed by atoms with Gasteiger partial charge in [-0.1, -0.05) is 0 Å². The smallest absolute Gasteiger partial charge is 0.122 e. The Morgan fingerprint density at radius 1 is 1.17 bits per heavy atom. The van der Waals surface area contributed by atoms with Gasteiger partial charge >= 0.3 is 0 Å². The van der Waals surface area contributed by atoms with Crippen molar-refractivity contribution in [1.82, 2.24) is 0 Å². The normalized spacial score (nSPS) is 12.2. The van der Waals surface area contributed by atoms with Crippen molar-refractivity contribution in [1.29, 1.82) is 0 Å². The first-order chi connectivity index (χ1) is 8.71. The van der Waals surface area contributed by atoms with Crippen LogP contribution in [0.4, 0.5) is 0 Å². The fraction of sp³-hybridized carbons (Fsp3) is 0.571. The second kappa shape index (κ2) is 7.95. The van der Waals surface area contributed by atoms with E-state index in [1.807, 2.05) is 32.0 Å². The van der Waals surface area contributed by atoms with Crippen LogP contribution in [0.1, 0.15) is 25.8 Å². The monoisotopic (exact) mass is 254 g/mol. The molecule has 18 heavy (non-hydrogen) atoms. The number of hydrogen-bond acceptors (Lipinski definition) is 4. The van der Waals surface area contributed by atoms with Crippen LogP contribution >= 0.6 is 0 Å². The zero-order valence-corrected chi connectivity index (χ0v) is 11.1. The van der Waals surface area contributed by atoms with Crippen molar-refractivity contribution in [3.8, 4) is 11.5 Å². The van der Waals surface area contributed by atoms with E-state index in [0.717, 1.165) is 17.1 Å². The molecule has 0 saturated heterocycles. The van der Waals surface area contributed by atoms with Crippen LogP contribution in [0.5, 0.6) is 11.5 Å². The minimum absolute atomic E-state index is 0.213. The van der Waals surface area contributed by atoms with E-state index in [9.17, 15) is 5.11 Å². The van der Waals surface area contributed by atoms with E-state index in [1.54, 1.807) is 0 Å². The Morgan fingerprint density at radius 3 is 2.50 bits per heavy atom. The Morgan fingerprint density at radius 2 is 1.89 bits per heavy atom. The third-order valence-electron chi connectivity index (χ3n) is 2.60. The molecular weight excluding hydrogens is 232 g/mol. The van der Waals surface area contributed by atoms with E-state index in [-0.39, 0.29) is 6.61 Å². The maximum atomic E-state index is 9.39. The second-order valence-electron chi connectivity index (χ2n) is 4.01. The van der Waals surface area contributed by atoms with Crippen LogP contribution in [0.2, 0.25) is 0 Å². The number of rotatable bonds is 8. The lowest BCUT2D eigenvalue weighted by Gasteiger charge is -2.13. The van der Waals surface area contributed by atoms with E-state index in [2.05, 4.69) is 0 Å². The molecule has 1 aromatic rings. The summed E-state index contributed by atoms with van der Waals surface area (Å²) >= 11 is 0. The van der Waals surface area contributed by atoms with E-state index >= 15 is 0 Å². The van der Waals surface area contributed by atoms with Gasteiger partial charge in [0.2, 0.25) is 0 Å². The molecule has 102 valence electrons. The largest absolute Gasteiger partial charge is 0.494 e. The number of aryl methyl sites for hydroxylation is 1. The molecule has 4 nitrogen and oxygen atoms in total. The highest BCUT2D eigenvalue weighted by Gasteiger charge is 2.09. The summed E-state index contributed by atoms with van der Waals surface area (Å²) in [6, 6.07) is 5.69. The van der Waals surface area contributed by atoms with Gasteiger partial charge in [0.05, 0.1) is 25.9 Å².